The normalized spacial score (nSPS) is 21.8. The van der Waals surface area contributed by atoms with Crippen LogP contribution in [0.2, 0.25) is 0 Å². The highest BCUT2D eigenvalue weighted by Crippen LogP contribution is 2.62. The summed E-state index contributed by atoms with van der Waals surface area (Å²) in [6.45, 7) is -3.28. The number of aliphatic hydroxyl groups is 3. The van der Waals surface area contributed by atoms with Crippen LogP contribution in [0.5, 0.6) is 161 Å². The summed E-state index contributed by atoms with van der Waals surface area (Å²) in [5, 5.41) is 307. The second kappa shape index (κ2) is 33.2. The molecule has 135 heavy (non-hydrogen) atoms. The number of aromatic hydroxyl groups is 25. The Morgan fingerprint density at radius 2 is 0.748 bits per heavy atom. The molecule has 4 bridgehead atoms. The van der Waals surface area contributed by atoms with Crippen LogP contribution in [0.3, 0.4) is 0 Å². The van der Waals surface area contributed by atoms with Gasteiger partial charge in [-0.2, -0.15) is 0 Å². The van der Waals surface area contributed by atoms with E-state index in [1.54, 1.807) is 0 Å². The van der Waals surface area contributed by atoms with Crippen molar-refractivity contribution in [3.05, 3.63) is 152 Å². The van der Waals surface area contributed by atoms with Gasteiger partial charge in [-0.1, -0.05) is 0 Å². The van der Waals surface area contributed by atoms with Crippen molar-refractivity contribution in [2.75, 3.05) is 13.2 Å². The molecule has 53 nitrogen and oxygen atoms in total. The van der Waals surface area contributed by atoms with Gasteiger partial charge >= 0.3 is 59.7 Å². The fourth-order valence-electron chi connectivity index (χ4n) is 14.7. The molecule has 2 saturated heterocycles. The molecule has 28 N–H and O–H groups in total. The number of cyclic esters (lactones) is 1. The number of phenolic OH excluding ortho intramolecular Hbond substituents is 25. The molecule has 53 heteroatoms. The van der Waals surface area contributed by atoms with Crippen LogP contribution >= 0.6 is 0 Å². The first-order chi connectivity index (χ1) is 63.4. The summed E-state index contributed by atoms with van der Waals surface area (Å²) in [6, 6.07) is 4.63. The van der Waals surface area contributed by atoms with Crippen LogP contribution in [0.1, 0.15) is 105 Å². The summed E-state index contributed by atoms with van der Waals surface area (Å²) in [4.78, 5) is 163. The average Bonchev–Trinajstić information content (AvgIpc) is 1.53. The van der Waals surface area contributed by atoms with E-state index in [0.29, 0.717) is 66.7 Å². The number of rotatable bonds is 15. The van der Waals surface area contributed by atoms with E-state index in [0.717, 1.165) is 0 Å². The van der Waals surface area contributed by atoms with Crippen LogP contribution in [0.25, 0.3) is 11.1 Å². The molecule has 0 radical (unpaired) electrons. The standard InChI is InChI=1S/C82H58O53/c83-28-1-18(2-29(84)49(28)97)69(109)122-16-42-62(127-70(110)19-3-30(85)50(98)31(86)4-19)65(129-71(111)20-5-32(87)51(99)33(88)6-20)67(79(125-42)133-72(112)21-7-34(89)52(100)35(90)8-21)132-78(118)27-13-39(94)55(103)60(108)61(27)124-41-14-25-46(59(107)57(41)105)45-23(11-38(93)54(102)58(45)106)75(115)130-66-63-43(17-123-74(25)114)126-80(134-73(113)22-9-36(91)53(101)37(92)10-22)68(66)131-76(116)24-12-40(95)56(104)64-47(24)48-26(77(117)128-63)15-44(96)81(119,120)82(48,121)135-64/h1-15,42-43,48,62-63,65-68,79-80,83-95,97-108,119-121H,16-17H2. The van der Waals surface area contributed by atoms with Gasteiger partial charge in [0.2, 0.25) is 59.3 Å². The van der Waals surface area contributed by atoms with Gasteiger partial charge in [-0.3, -0.25) is 4.79 Å². The molecular formula is C82H58O53. The third-order valence-corrected chi connectivity index (χ3v) is 21.3. The number of esters is 10. The molecule has 9 aromatic carbocycles. The minimum Gasteiger partial charge on any atom is -0.504 e. The number of ketones is 1. The van der Waals surface area contributed by atoms with Crippen molar-refractivity contribution >= 4 is 65.5 Å². The highest BCUT2D eigenvalue weighted by Gasteiger charge is 2.71. The quantitative estimate of drug-likeness (QED) is 0.0294. The second-order valence-corrected chi connectivity index (χ2v) is 29.6. The van der Waals surface area contributed by atoms with E-state index >= 15 is 24.0 Å². The maximum Gasteiger partial charge on any atom is 0.342 e. The van der Waals surface area contributed by atoms with Crippen molar-refractivity contribution in [2.45, 2.75) is 78.9 Å². The van der Waals surface area contributed by atoms with Gasteiger partial charge in [0.25, 0.3) is 11.6 Å². The van der Waals surface area contributed by atoms with Crippen LogP contribution in [0.4, 0.5) is 0 Å². The Hall–Kier alpha value is -18.5. The summed E-state index contributed by atoms with van der Waals surface area (Å²) < 4.78 is 79.9. The molecule has 0 spiro atoms. The van der Waals surface area contributed by atoms with Gasteiger partial charge in [0.05, 0.1) is 56.0 Å². The van der Waals surface area contributed by atoms with Crippen LogP contribution in [0.15, 0.2) is 96.6 Å². The molecular weight excluding hydrogens is 1830 g/mol. The number of hydrogen-bond donors (Lipinski definition) is 28. The van der Waals surface area contributed by atoms with Gasteiger partial charge in [0.1, 0.15) is 31.0 Å². The van der Waals surface area contributed by atoms with E-state index in [2.05, 4.69) is 0 Å². The van der Waals surface area contributed by atoms with Crippen molar-refractivity contribution in [2.24, 2.45) is 0 Å². The Bertz CT molecular complexity index is 6630. The van der Waals surface area contributed by atoms with E-state index < -0.39 is 391 Å². The first kappa shape index (κ1) is 91.2. The van der Waals surface area contributed by atoms with Crippen molar-refractivity contribution < 1.29 is 262 Å². The van der Waals surface area contributed by atoms with Crippen molar-refractivity contribution in [1.82, 2.24) is 0 Å². The van der Waals surface area contributed by atoms with Crippen LogP contribution < -0.4 is 9.47 Å². The summed E-state index contributed by atoms with van der Waals surface area (Å²) in [5.41, 5.74) is -16.5. The minimum atomic E-state index is -4.23. The van der Waals surface area contributed by atoms with Crippen LogP contribution in [0, 0.1) is 0 Å². The third-order valence-electron chi connectivity index (χ3n) is 21.3. The lowest BCUT2D eigenvalue weighted by Crippen LogP contribution is -2.66. The number of phenols is 25. The lowest BCUT2D eigenvalue weighted by molar-refractivity contribution is -0.323. The van der Waals surface area contributed by atoms with Crippen LogP contribution in [-0.4, -0.2) is 295 Å². The Morgan fingerprint density at radius 3 is 1.25 bits per heavy atom. The number of benzene rings is 9. The largest absolute Gasteiger partial charge is 0.504 e. The smallest absolute Gasteiger partial charge is 0.342 e. The van der Waals surface area contributed by atoms with E-state index in [9.17, 15) is 172 Å². The topological polar surface area (TPSA) is 883 Å². The second-order valence-electron chi connectivity index (χ2n) is 29.6. The Balaban J connectivity index is 0.874. The van der Waals surface area contributed by atoms with E-state index in [4.69, 9.17) is 66.3 Å². The number of carbonyl (C=O) groups excluding carboxylic acids is 11. The monoisotopic (exact) mass is 1890 g/mol. The van der Waals surface area contributed by atoms with Crippen molar-refractivity contribution in [3.63, 3.8) is 0 Å². The predicted octanol–water partition coefficient (Wildman–Crippen LogP) is 0.985. The van der Waals surface area contributed by atoms with Gasteiger partial charge in [-0.25, -0.2) is 47.9 Å². The summed E-state index contributed by atoms with van der Waals surface area (Å²) >= 11 is 0. The summed E-state index contributed by atoms with van der Waals surface area (Å²) in [5.74, 6) is -74.5. The highest BCUT2D eigenvalue weighted by molar-refractivity contribution is 6.10. The molecule has 12 atom stereocenters. The molecule has 5 heterocycles. The lowest BCUT2D eigenvalue weighted by Gasteiger charge is -2.44. The zero-order valence-corrected chi connectivity index (χ0v) is 66.2. The van der Waals surface area contributed by atoms with Gasteiger partial charge in [0.15, 0.2) is 157 Å². The van der Waals surface area contributed by atoms with E-state index in [1.807, 2.05) is 0 Å². The first-order valence-electron chi connectivity index (χ1n) is 37.5. The zero-order valence-electron chi connectivity index (χ0n) is 66.2. The maximum absolute atomic E-state index is 15.7. The molecule has 1 aliphatic carbocycles. The molecule has 0 amide bonds. The van der Waals surface area contributed by atoms with Gasteiger partial charge in [0, 0.05) is 28.8 Å². The Labute approximate surface area is 741 Å². The number of carbonyl (C=O) groups is 11. The highest BCUT2D eigenvalue weighted by atomic mass is 16.8. The molecule has 0 saturated carbocycles. The average molecular weight is 1890 g/mol. The Morgan fingerprint density at radius 1 is 0.356 bits per heavy atom. The first-order valence-corrected chi connectivity index (χ1v) is 37.5. The lowest BCUT2D eigenvalue weighted by atomic mass is 9.74. The molecule has 0 aromatic heterocycles. The minimum absolute atomic E-state index is 0.0429. The van der Waals surface area contributed by atoms with E-state index in [-0.39, 0.29) is 24.3 Å². The van der Waals surface area contributed by atoms with Gasteiger partial charge in [-0.15, -0.1) is 0 Å². The fraction of sp³-hybridized carbons (Fsp3) is 0.183. The Kier molecular flexibility index (Phi) is 22.4. The van der Waals surface area contributed by atoms with Crippen molar-refractivity contribution in [1.29, 1.82) is 0 Å². The van der Waals surface area contributed by atoms with Crippen LogP contribution in [-0.2, 0) is 66.4 Å². The molecule has 15 rings (SSSR count). The molecule has 704 valence electrons. The molecule has 2 fully saturated rings. The van der Waals surface area contributed by atoms with E-state index in [1.165, 1.54) is 0 Å². The predicted molar refractivity (Wildman–Crippen MR) is 412 cm³/mol. The molecule has 9 aromatic rings. The molecule has 12 unspecified atom stereocenters. The summed E-state index contributed by atoms with van der Waals surface area (Å²) in [7, 11) is 0. The summed E-state index contributed by atoms with van der Waals surface area (Å²) in [6.07, 6.45) is -28.7. The number of ether oxygens (including phenoxy) is 14. The number of fused-ring (bicyclic) bond motifs is 3. The molecule has 5 aliphatic heterocycles. The SMILES string of the molecule is O=C1OC2C3COC(=O)c4cc(Oc5c(C(=O)OC6C(OC(=O)c7cc(O)c(O)c(O)c7)OC(COC(=O)c7cc(O)c(O)c(O)c7)C(OC(=O)c7cc(O)c(O)c(O)c7)C6OC(=O)c6cc(O)c(O)c(O)c6)cc(O)c(O)c5O)c(O)c(O)c4-c4c(cc(O)c(O)c4O)C(=O)OC2C(OC(=O)c2cc(O)c(O)c4c2C2C1=CC(=O)C(O)(O)C2(O)O4)C(OC(=O)c1cc(O)c(O)c(O)c1)O3. The molecule has 6 aliphatic rings. The third kappa shape index (κ3) is 15.5. The van der Waals surface area contributed by atoms with Gasteiger partial charge in [-0.05, 0) is 78.9 Å². The van der Waals surface area contributed by atoms with Crippen molar-refractivity contribution in [3.8, 4) is 172 Å². The number of hydrogen-bond acceptors (Lipinski definition) is 53. The zero-order chi connectivity index (χ0) is 98.3. The maximum atomic E-state index is 15.7. The van der Waals surface area contributed by atoms with Gasteiger partial charge < -0.3 is 209 Å². The fourth-order valence-corrected chi connectivity index (χ4v) is 14.7.